The van der Waals surface area contributed by atoms with Crippen LogP contribution < -0.4 is 5.73 Å². The van der Waals surface area contributed by atoms with Crippen molar-refractivity contribution in [2.75, 3.05) is 0 Å². The molecule has 0 atom stereocenters. The van der Waals surface area contributed by atoms with Gasteiger partial charge in [-0.3, -0.25) is 4.79 Å². The van der Waals surface area contributed by atoms with Crippen LogP contribution in [0, 0.1) is 6.92 Å². The summed E-state index contributed by atoms with van der Waals surface area (Å²) in [4.78, 5) is 12.6. The van der Waals surface area contributed by atoms with Crippen molar-refractivity contribution < 1.29 is 4.79 Å². The van der Waals surface area contributed by atoms with Gasteiger partial charge in [0.25, 0.3) is 0 Å². The van der Waals surface area contributed by atoms with Crippen LogP contribution in [0.2, 0.25) is 0 Å². The number of nitrogens with two attached hydrogens (primary N) is 1. The Morgan fingerprint density at radius 1 is 1.00 bits per heavy atom. The first-order valence-corrected chi connectivity index (χ1v) is 8.04. The fraction of sp³-hybridized carbons (Fsp3) is 0.105. The molecule has 0 unspecified atom stereocenters. The molecule has 3 aromatic rings. The molecule has 0 aliphatic carbocycles. The van der Waals surface area contributed by atoms with E-state index in [1.807, 2.05) is 30.5 Å². The predicted octanol–water partition coefficient (Wildman–Crippen LogP) is 4.41. The average molecular weight is 307 g/mol. The zero-order valence-corrected chi connectivity index (χ0v) is 13.2. The zero-order valence-electron chi connectivity index (χ0n) is 12.4. The van der Waals surface area contributed by atoms with Gasteiger partial charge in [0, 0.05) is 10.3 Å². The minimum absolute atomic E-state index is 0.347. The minimum atomic E-state index is -0.347. The molecule has 0 radical (unpaired) electrons. The van der Waals surface area contributed by atoms with Crippen molar-refractivity contribution in [2.24, 2.45) is 5.73 Å². The number of aryl methyl sites for hydroxylation is 1. The average Bonchev–Trinajstić information content (AvgIpc) is 2.90. The molecular formula is C19H17NOS. The third-order valence-corrected chi connectivity index (χ3v) is 4.76. The van der Waals surface area contributed by atoms with E-state index in [0.717, 1.165) is 16.9 Å². The van der Waals surface area contributed by atoms with Gasteiger partial charge < -0.3 is 5.73 Å². The summed E-state index contributed by atoms with van der Waals surface area (Å²) in [6, 6.07) is 18.8. The molecule has 2 nitrogen and oxygen atoms in total. The molecule has 1 heterocycles. The molecule has 1 amide bonds. The highest BCUT2D eigenvalue weighted by molar-refractivity contribution is 7.10. The maximum atomic E-state index is 11.5. The summed E-state index contributed by atoms with van der Waals surface area (Å²) in [5, 5.41) is 1.85. The lowest BCUT2D eigenvalue weighted by Crippen LogP contribution is -2.12. The van der Waals surface area contributed by atoms with E-state index in [2.05, 4.69) is 36.4 Å². The molecule has 22 heavy (non-hydrogen) atoms. The summed E-state index contributed by atoms with van der Waals surface area (Å²) >= 11 is 1.58. The van der Waals surface area contributed by atoms with Crippen LogP contribution in [0.1, 0.15) is 26.4 Å². The zero-order chi connectivity index (χ0) is 15.5. The van der Waals surface area contributed by atoms with Gasteiger partial charge in [0.05, 0.1) is 5.56 Å². The van der Waals surface area contributed by atoms with Crippen LogP contribution in [-0.2, 0) is 6.42 Å². The first-order chi connectivity index (χ1) is 10.6. The van der Waals surface area contributed by atoms with Gasteiger partial charge in [-0.15, -0.1) is 11.3 Å². The molecule has 0 aliphatic rings. The van der Waals surface area contributed by atoms with Crippen LogP contribution in [0.5, 0.6) is 0 Å². The molecule has 2 aromatic carbocycles. The van der Waals surface area contributed by atoms with Gasteiger partial charge in [-0.25, -0.2) is 0 Å². The van der Waals surface area contributed by atoms with Crippen LogP contribution in [0.3, 0.4) is 0 Å². The summed E-state index contributed by atoms with van der Waals surface area (Å²) in [7, 11) is 0. The van der Waals surface area contributed by atoms with E-state index < -0.39 is 0 Å². The highest BCUT2D eigenvalue weighted by Gasteiger charge is 2.13. The van der Waals surface area contributed by atoms with Crippen LogP contribution in [0.4, 0.5) is 0 Å². The number of rotatable bonds is 4. The fourth-order valence-electron chi connectivity index (χ4n) is 2.56. The molecule has 0 spiro atoms. The number of amides is 1. The molecule has 0 aliphatic heterocycles. The summed E-state index contributed by atoms with van der Waals surface area (Å²) in [6.07, 6.45) is 0.739. The Kier molecular flexibility index (Phi) is 4.07. The molecule has 2 N–H and O–H groups in total. The monoisotopic (exact) mass is 307 g/mol. The van der Waals surface area contributed by atoms with Crippen molar-refractivity contribution in [2.45, 2.75) is 13.3 Å². The van der Waals surface area contributed by atoms with Gasteiger partial charge in [0.15, 0.2) is 0 Å². The lowest BCUT2D eigenvalue weighted by molar-refractivity contribution is 0.1000. The van der Waals surface area contributed by atoms with Gasteiger partial charge in [-0.2, -0.15) is 0 Å². The third-order valence-electron chi connectivity index (χ3n) is 3.81. The molecule has 0 saturated heterocycles. The van der Waals surface area contributed by atoms with Crippen LogP contribution in [0.25, 0.3) is 11.1 Å². The lowest BCUT2D eigenvalue weighted by Gasteiger charge is -2.06. The molecule has 110 valence electrons. The van der Waals surface area contributed by atoms with Gasteiger partial charge in [-0.05, 0) is 35.6 Å². The van der Waals surface area contributed by atoms with Gasteiger partial charge >= 0.3 is 0 Å². The van der Waals surface area contributed by atoms with E-state index in [4.69, 9.17) is 5.73 Å². The summed E-state index contributed by atoms with van der Waals surface area (Å²) in [5.41, 5.74) is 10.7. The second kappa shape index (κ2) is 6.16. The second-order valence-electron chi connectivity index (χ2n) is 5.29. The van der Waals surface area contributed by atoms with E-state index in [1.54, 1.807) is 11.3 Å². The Labute approximate surface area is 134 Å². The normalized spacial score (nSPS) is 10.6. The number of thiophene rings is 1. The smallest absolute Gasteiger partial charge is 0.249 e. The van der Waals surface area contributed by atoms with Gasteiger partial charge in [0.1, 0.15) is 0 Å². The largest absolute Gasteiger partial charge is 0.366 e. The standard InChI is InChI=1S/C19H17NOS/c1-13-17(18(12-22-13)19(20)21)11-14-7-9-16(10-8-14)15-5-3-2-4-6-15/h2-10,12H,11H2,1H3,(H2,20,21). The summed E-state index contributed by atoms with van der Waals surface area (Å²) in [5.74, 6) is -0.347. The number of hydrogen-bond acceptors (Lipinski definition) is 2. The molecule has 3 heteroatoms. The Bertz CT molecular complexity index is 788. The van der Waals surface area contributed by atoms with E-state index in [9.17, 15) is 4.79 Å². The second-order valence-corrected chi connectivity index (χ2v) is 6.37. The van der Waals surface area contributed by atoms with E-state index in [-0.39, 0.29) is 5.91 Å². The number of benzene rings is 2. The van der Waals surface area contributed by atoms with Crippen molar-refractivity contribution >= 4 is 17.2 Å². The maximum absolute atomic E-state index is 11.5. The van der Waals surface area contributed by atoms with Crippen LogP contribution >= 0.6 is 11.3 Å². The van der Waals surface area contributed by atoms with Crippen LogP contribution in [0.15, 0.2) is 60.0 Å². The topological polar surface area (TPSA) is 43.1 Å². The first-order valence-electron chi connectivity index (χ1n) is 7.16. The SMILES string of the molecule is Cc1scc(C(N)=O)c1Cc1ccc(-c2ccccc2)cc1. The lowest BCUT2D eigenvalue weighted by atomic mass is 9.98. The fourth-order valence-corrected chi connectivity index (χ4v) is 3.43. The Hall–Kier alpha value is -2.39. The Morgan fingerprint density at radius 3 is 2.27 bits per heavy atom. The third kappa shape index (κ3) is 2.95. The first kappa shape index (κ1) is 14.5. The highest BCUT2D eigenvalue weighted by Crippen LogP contribution is 2.26. The van der Waals surface area contributed by atoms with E-state index in [1.165, 1.54) is 16.7 Å². The molecule has 0 bridgehead atoms. The Morgan fingerprint density at radius 2 is 1.64 bits per heavy atom. The number of hydrogen-bond donors (Lipinski definition) is 1. The summed E-state index contributed by atoms with van der Waals surface area (Å²) in [6.45, 7) is 2.03. The molecule has 0 saturated carbocycles. The Balaban J connectivity index is 1.86. The van der Waals surface area contributed by atoms with Crippen molar-refractivity contribution in [3.63, 3.8) is 0 Å². The van der Waals surface area contributed by atoms with Crippen LogP contribution in [-0.4, -0.2) is 5.91 Å². The van der Waals surface area contributed by atoms with Crippen molar-refractivity contribution in [1.29, 1.82) is 0 Å². The minimum Gasteiger partial charge on any atom is -0.366 e. The molecule has 3 rings (SSSR count). The van der Waals surface area contributed by atoms with Crippen molar-refractivity contribution in [1.82, 2.24) is 0 Å². The number of primary amides is 1. The maximum Gasteiger partial charge on any atom is 0.249 e. The number of carbonyl (C=O) groups excluding carboxylic acids is 1. The quantitative estimate of drug-likeness (QED) is 0.762. The van der Waals surface area contributed by atoms with E-state index in [0.29, 0.717) is 5.56 Å². The van der Waals surface area contributed by atoms with E-state index >= 15 is 0 Å². The van der Waals surface area contributed by atoms with Gasteiger partial charge in [0.2, 0.25) is 5.91 Å². The highest BCUT2D eigenvalue weighted by atomic mass is 32.1. The number of carbonyl (C=O) groups is 1. The van der Waals surface area contributed by atoms with Crippen molar-refractivity contribution in [3.05, 3.63) is 81.5 Å². The molecule has 0 fully saturated rings. The molecular weight excluding hydrogens is 290 g/mol. The predicted molar refractivity (Wildman–Crippen MR) is 92.3 cm³/mol. The summed E-state index contributed by atoms with van der Waals surface area (Å²) < 4.78 is 0. The molecule has 1 aromatic heterocycles. The van der Waals surface area contributed by atoms with Crippen molar-refractivity contribution in [3.8, 4) is 11.1 Å². The van der Waals surface area contributed by atoms with Gasteiger partial charge in [-0.1, -0.05) is 54.6 Å².